The number of nitrogens with one attached hydrogen (secondary N) is 2. The van der Waals surface area contributed by atoms with Crippen molar-refractivity contribution in [2.45, 2.75) is 33.4 Å². The molecule has 1 atom stereocenters. The number of nitrogens with zero attached hydrogens (tertiary/aromatic N) is 3. The summed E-state index contributed by atoms with van der Waals surface area (Å²) in [7, 11) is -3.22. The Labute approximate surface area is 134 Å². The van der Waals surface area contributed by atoms with Crippen molar-refractivity contribution in [3.8, 4) is 0 Å². The number of H-pyrrole nitrogens is 1. The van der Waals surface area contributed by atoms with Crippen molar-refractivity contribution in [3.63, 3.8) is 0 Å². The van der Waals surface area contributed by atoms with E-state index >= 15 is 0 Å². The molecule has 128 valence electrons. The molecule has 2 N–H and O–H groups in total. The monoisotopic (exact) mass is 343 g/mol. The van der Waals surface area contributed by atoms with E-state index in [1.807, 2.05) is 6.92 Å². The minimum atomic E-state index is -3.22. The van der Waals surface area contributed by atoms with Gasteiger partial charge in [-0.05, 0) is 20.8 Å². The van der Waals surface area contributed by atoms with Gasteiger partial charge in [0.2, 0.25) is 0 Å². The second kappa shape index (κ2) is 7.83. The van der Waals surface area contributed by atoms with E-state index in [1.54, 1.807) is 18.4 Å². The predicted molar refractivity (Wildman–Crippen MR) is 84.0 cm³/mol. The fraction of sp³-hybridized carbons (Fsp3) is 0.615. The Morgan fingerprint density at radius 3 is 2.70 bits per heavy atom. The number of aromatic amines is 1. The molecule has 0 aliphatic carbocycles. The van der Waals surface area contributed by atoms with Crippen molar-refractivity contribution in [3.05, 3.63) is 18.1 Å². The lowest BCUT2D eigenvalue weighted by molar-refractivity contribution is 0.0670. The number of rotatable bonds is 9. The Balaban J connectivity index is 2.02. The van der Waals surface area contributed by atoms with Crippen LogP contribution in [-0.4, -0.2) is 45.2 Å². The third-order valence-electron chi connectivity index (χ3n) is 3.08. The molecule has 0 aromatic carbocycles. The van der Waals surface area contributed by atoms with Gasteiger partial charge >= 0.3 is 7.60 Å². The first kappa shape index (κ1) is 17.8. The molecule has 10 heteroatoms. The van der Waals surface area contributed by atoms with Crippen molar-refractivity contribution < 1.29 is 18.3 Å². The van der Waals surface area contributed by atoms with Crippen molar-refractivity contribution in [2.24, 2.45) is 0 Å². The minimum Gasteiger partial charge on any atom is -0.364 e. The summed E-state index contributed by atoms with van der Waals surface area (Å²) < 4.78 is 30.1. The number of aromatic nitrogens is 4. The van der Waals surface area contributed by atoms with Crippen LogP contribution in [0.25, 0.3) is 11.2 Å². The molecule has 2 heterocycles. The summed E-state index contributed by atoms with van der Waals surface area (Å²) in [6.45, 7) is 6.41. The van der Waals surface area contributed by atoms with E-state index in [9.17, 15) is 4.57 Å². The van der Waals surface area contributed by atoms with Crippen LogP contribution in [0.5, 0.6) is 0 Å². The van der Waals surface area contributed by atoms with Gasteiger partial charge in [-0.25, -0.2) is 9.97 Å². The van der Waals surface area contributed by atoms with Gasteiger partial charge in [-0.1, -0.05) is 0 Å². The van der Waals surface area contributed by atoms with Gasteiger partial charge in [0.05, 0.1) is 38.5 Å². The van der Waals surface area contributed by atoms with Crippen molar-refractivity contribution in [1.29, 1.82) is 5.41 Å². The Kier molecular flexibility index (Phi) is 6.06. The molecular formula is C13H22N5O4P. The third kappa shape index (κ3) is 4.48. The van der Waals surface area contributed by atoms with E-state index in [-0.39, 0.29) is 17.9 Å². The summed E-state index contributed by atoms with van der Waals surface area (Å²) >= 11 is 0. The third-order valence-corrected chi connectivity index (χ3v) is 4.85. The fourth-order valence-electron chi connectivity index (χ4n) is 2.11. The highest BCUT2D eigenvalue weighted by Gasteiger charge is 2.25. The highest BCUT2D eigenvalue weighted by atomic mass is 31.2. The number of ether oxygens (including phenoxy) is 1. The summed E-state index contributed by atoms with van der Waals surface area (Å²) in [5, 5.41) is 7.72. The van der Waals surface area contributed by atoms with Gasteiger partial charge in [-0.15, -0.1) is 0 Å². The number of imidazole rings is 1. The van der Waals surface area contributed by atoms with Crippen LogP contribution in [0.1, 0.15) is 20.8 Å². The lowest BCUT2D eigenvalue weighted by Gasteiger charge is -2.20. The topological polar surface area (TPSA) is 115 Å². The van der Waals surface area contributed by atoms with Crippen LogP contribution in [0.3, 0.4) is 0 Å². The smallest absolute Gasteiger partial charge is 0.356 e. The molecule has 0 radical (unpaired) electrons. The van der Waals surface area contributed by atoms with Crippen LogP contribution in [0.2, 0.25) is 0 Å². The average Bonchev–Trinajstić information content (AvgIpc) is 2.99. The van der Waals surface area contributed by atoms with Crippen LogP contribution in [0, 0.1) is 5.41 Å². The summed E-state index contributed by atoms with van der Waals surface area (Å²) in [5.41, 5.74) is 1.33. The molecule has 0 saturated heterocycles. The first-order valence-corrected chi connectivity index (χ1v) is 9.14. The maximum atomic E-state index is 12.4. The quantitative estimate of drug-likeness (QED) is 0.672. The molecule has 0 bridgehead atoms. The molecule has 0 aliphatic rings. The lowest BCUT2D eigenvalue weighted by Crippen LogP contribution is -2.21. The van der Waals surface area contributed by atoms with Gasteiger partial charge in [-0.3, -0.25) is 9.97 Å². The summed E-state index contributed by atoms with van der Waals surface area (Å²) in [6, 6.07) is 0. The molecule has 0 aliphatic heterocycles. The molecule has 2 rings (SSSR count). The van der Waals surface area contributed by atoms with E-state index in [0.717, 1.165) is 0 Å². The molecule has 0 saturated carbocycles. The first-order chi connectivity index (χ1) is 11.0. The number of hydrogen-bond donors (Lipinski definition) is 2. The Bertz CT molecular complexity index is 733. The summed E-state index contributed by atoms with van der Waals surface area (Å²) in [6.07, 6.45) is 2.69. The molecular weight excluding hydrogens is 321 g/mol. The van der Waals surface area contributed by atoms with Crippen LogP contribution in [0.4, 0.5) is 0 Å². The SMILES string of the molecule is CCOP(=O)(CO[C@H](C)Cn1cnc(=N)c2[nH]cnc21)OCC. The fourth-order valence-corrected chi connectivity index (χ4v) is 3.56. The maximum Gasteiger partial charge on any atom is 0.356 e. The van der Waals surface area contributed by atoms with Crippen LogP contribution in [0.15, 0.2) is 12.7 Å². The Morgan fingerprint density at radius 1 is 1.35 bits per heavy atom. The first-order valence-electron chi connectivity index (χ1n) is 7.42. The van der Waals surface area contributed by atoms with E-state index < -0.39 is 7.60 Å². The minimum absolute atomic E-state index is 0.107. The van der Waals surface area contributed by atoms with Gasteiger partial charge < -0.3 is 23.3 Å². The second-order valence-electron chi connectivity index (χ2n) is 4.90. The van der Waals surface area contributed by atoms with Crippen molar-refractivity contribution in [2.75, 3.05) is 19.6 Å². The normalized spacial score (nSPS) is 13.5. The van der Waals surface area contributed by atoms with Crippen LogP contribution < -0.4 is 5.49 Å². The largest absolute Gasteiger partial charge is 0.364 e. The molecule has 0 spiro atoms. The maximum absolute atomic E-state index is 12.4. The van der Waals surface area contributed by atoms with E-state index in [4.69, 9.17) is 19.2 Å². The standard InChI is InChI=1S/C13H22N5O4P/c1-4-21-23(19,22-5-2)9-20-10(3)6-18-8-17-12(14)11-13(18)16-7-15-11/h7-8,10,14H,4-6,9H2,1-3H3,(H,15,16)/t10-/m1/s1. The summed E-state index contributed by atoms with van der Waals surface area (Å²) in [4.78, 5) is 11.1. The number of fused-ring (bicyclic) bond motifs is 1. The van der Waals surface area contributed by atoms with Gasteiger partial charge in [0, 0.05) is 0 Å². The van der Waals surface area contributed by atoms with E-state index in [1.165, 1.54) is 12.7 Å². The highest BCUT2D eigenvalue weighted by molar-refractivity contribution is 7.53. The molecule has 0 fully saturated rings. The molecule has 9 nitrogen and oxygen atoms in total. The summed E-state index contributed by atoms with van der Waals surface area (Å²) in [5.74, 6) is 0. The van der Waals surface area contributed by atoms with Gasteiger partial charge in [0.25, 0.3) is 0 Å². The van der Waals surface area contributed by atoms with Crippen LogP contribution in [-0.2, 0) is 24.9 Å². The average molecular weight is 343 g/mol. The van der Waals surface area contributed by atoms with E-state index in [2.05, 4.69) is 15.0 Å². The highest BCUT2D eigenvalue weighted by Crippen LogP contribution is 2.48. The molecule has 0 amide bonds. The van der Waals surface area contributed by atoms with E-state index in [0.29, 0.717) is 30.9 Å². The molecule has 2 aromatic heterocycles. The zero-order chi connectivity index (χ0) is 16.9. The molecule has 23 heavy (non-hydrogen) atoms. The lowest BCUT2D eigenvalue weighted by atomic mass is 10.4. The van der Waals surface area contributed by atoms with Crippen LogP contribution >= 0.6 is 7.60 Å². The zero-order valence-corrected chi connectivity index (χ0v) is 14.4. The second-order valence-corrected chi connectivity index (χ2v) is 6.90. The Hall–Kier alpha value is -1.54. The van der Waals surface area contributed by atoms with Crippen molar-refractivity contribution in [1.82, 2.24) is 19.5 Å². The molecule has 2 aromatic rings. The van der Waals surface area contributed by atoms with Gasteiger partial charge in [-0.2, -0.15) is 0 Å². The van der Waals surface area contributed by atoms with Gasteiger partial charge in [0.15, 0.2) is 11.1 Å². The van der Waals surface area contributed by atoms with Crippen molar-refractivity contribution >= 4 is 18.8 Å². The number of hydrogen-bond acceptors (Lipinski definition) is 7. The zero-order valence-electron chi connectivity index (χ0n) is 13.5. The predicted octanol–water partition coefficient (Wildman–Crippen LogP) is 1.87. The Morgan fingerprint density at radius 2 is 2.04 bits per heavy atom. The molecule has 0 unspecified atom stereocenters. The van der Waals surface area contributed by atoms with Gasteiger partial charge in [0.1, 0.15) is 11.9 Å².